The van der Waals surface area contributed by atoms with Gasteiger partial charge in [0.15, 0.2) is 0 Å². The summed E-state index contributed by atoms with van der Waals surface area (Å²) in [6, 6.07) is 32.6. The summed E-state index contributed by atoms with van der Waals surface area (Å²) in [7, 11) is 0. The maximum absolute atomic E-state index is 2.48. The Kier molecular flexibility index (Phi) is 4.05. The molecule has 5 rings (SSSR count). The van der Waals surface area contributed by atoms with Crippen LogP contribution in [0.25, 0.3) is 11.1 Å². The third-order valence-electron chi connectivity index (χ3n) is 6.18. The first-order chi connectivity index (χ1) is 13.4. The van der Waals surface area contributed by atoms with E-state index >= 15 is 0 Å². The van der Waals surface area contributed by atoms with Gasteiger partial charge < -0.3 is 0 Å². The molecule has 0 saturated heterocycles. The van der Waals surface area contributed by atoms with E-state index in [1.807, 2.05) is 0 Å². The molecular weight excluding hydrogens is 324 g/mol. The normalized spacial score (nSPS) is 17.2. The molecule has 0 aromatic heterocycles. The molecule has 1 spiro atoms. The average molecular weight is 348 g/mol. The Bertz CT molecular complexity index is 944. The van der Waals surface area contributed by atoms with Crippen LogP contribution < -0.4 is 0 Å². The lowest BCUT2D eigenvalue weighted by atomic mass is 9.90. The van der Waals surface area contributed by atoms with Crippen LogP contribution in [-0.2, 0) is 0 Å². The molecule has 1 saturated carbocycles. The van der Waals surface area contributed by atoms with Gasteiger partial charge in [-0.3, -0.25) is 0 Å². The van der Waals surface area contributed by atoms with Crippen molar-refractivity contribution in [3.8, 4) is 0 Å². The van der Waals surface area contributed by atoms with Crippen molar-refractivity contribution in [1.29, 1.82) is 0 Å². The zero-order chi connectivity index (χ0) is 18.1. The molecule has 0 bridgehead atoms. The Morgan fingerprint density at radius 3 is 1.63 bits per heavy atom. The van der Waals surface area contributed by atoms with E-state index in [0.29, 0.717) is 5.41 Å². The van der Waals surface area contributed by atoms with Gasteiger partial charge >= 0.3 is 0 Å². The highest BCUT2D eigenvalue weighted by Crippen LogP contribution is 2.67. The molecule has 0 nitrogen and oxygen atoms in total. The second-order valence-electron chi connectivity index (χ2n) is 7.73. The van der Waals surface area contributed by atoms with Crippen LogP contribution in [0.5, 0.6) is 0 Å². The lowest BCUT2D eigenvalue weighted by Crippen LogP contribution is -2.00. The molecule has 1 fully saturated rings. The number of benzene rings is 3. The van der Waals surface area contributed by atoms with E-state index in [-0.39, 0.29) is 0 Å². The molecule has 132 valence electrons. The summed E-state index contributed by atoms with van der Waals surface area (Å²) in [6.45, 7) is 0. The smallest absolute Gasteiger partial charge is 0.0215 e. The lowest BCUT2D eigenvalue weighted by molar-refractivity contribution is 0.595. The van der Waals surface area contributed by atoms with Gasteiger partial charge in [-0.15, -0.1) is 0 Å². The van der Waals surface area contributed by atoms with Crippen molar-refractivity contribution in [2.75, 3.05) is 0 Å². The minimum Gasteiger partial charge on any atom is -0.0622 e. The number of hydrogen-bond donors (Lipinski definition) is 0. The average Bonchev–Trinajstić information content (AvgIpc) is 3.07. The van der Waals surface area contributed by atoms with Crippen molar-refractivity contribution in [1.82, 2.24) is 0 Å². The number of allylic oxidation sites excluding steroid dienone is 3. The topological polar surface area (TPSA) is 0 Å². The van der Waals surface area contributed by atoms with E-state index < -0.39 is 0 Å². The van der Waals surface area contributed by atoms with E-state index in [4.69, 9.17) is 0 Å². The molecule has 2 aliphatic rings. The minimum absolute atomic E-state index is 0.330. The monoisotopic (exact) mass is 348 g/mol. The van der Waals surface area contributed by atoms with Gasteiger partial charge in [0.1, 0.15) is 0 Å². The lowest BCUT2D eigenvalue weighted by Gasteiger charge is -2.12. The van der Waals surface area contributed by atoms with Crippen LogP contribution in [0, 0.1) is 5.41 Å². The molecule has 0 N–H and O–H groups in total. The summed E-state index contributed by atoms with van der Waals surface area (Å²) >= 11 is 0. The van der Waals surface area contributed by atoms with Crippen LogP contribution in [-0.4, -0.2) is 0 Å². The Balaban J connectivity index is 1.66. The van der Waals surface area contributed by atoms with Crippen LogP contribution >= 0.6 is 0 Å². The quantitative estimate of drug-likeness (QED) is 0.470. The Labute approximate surface area is 161 Å². The Morgan fingerprint density at radius 2 is 1.11 bits per heavy atom. The van der Waals surface area contributed by atoms with Crippen molar-refractivity contribution in [2.24, 2.45) is 5.41 Å². The van der Waals surface area contributed by atoms with Crippen LogP contribution in [0.3, 0.4) is 0 Å². The van der Waals surface area contributed by atoms with E-state index in [0.717, 1.165) is 0 Å². The zero-order valence-electron chi connectivity index (χ0n) is 15.6. The van der Waals surface area contributed by atoms with Gasteiger partial charge in [0.05, 0.1) is 0 Å². The summed E-state index contributed by atoms with van der Waals surface area (Å²) < 4.78 is 0. The molecule has 0 unspecified atom stereocenters. The summed E-state index contributed by atoms with van der Waals surface area (Å²) in [6.07, 6.45) is 7.79. The van der Waals surface area contributed by atoms with Gasteiger partial charge in [0.2, 0.25) is 0 Å². The maximum atomic E-state index is 2.48. The second kappa shape index (κ2) is 6.70. The summed E-state index contributed by atoms with van der Waals surface area (Å²) in [4.78, 5) is 0. The van der Waals surface area contributed by atoms with Gasteiger partial charge in [-0.1, -0.05) is 104 Å². The molecule has 3 aromatic rings. The third-order valence-corrected chi connectivity index (χ3v) is 6.18. The Hall–Kier alpha value is -2.86. The predicted molar refractivity (Wildman–Crippen MR) is 114 cm³/mol. The zero-order valence-corrected chi connectivity index (χ0v) is 15.6. The van der Waals surface area contributed by atoms with Crippen LogP contribution in [0.4, 0.5) is 0 Å². The van der Waals surface area contributed by atoms with Crippen molar-refractivity contribution in [2.45, 2.75) is 25.7 Å². The van der Waals surface area contributed by atoms with Crippen molar-refractivity contribution < 1.29 is 0 Å². The molecule has 0 amide bonds. The Morgan fingerprint density at radius 1 is 0.630 bits per heavy atom. The van der Waals surface area contributed by atoms with E-state index in [2.05, 4.69) is 97.1 Å². The van der Waals surface area contributed by atoms with Crippen LogP contribution in [0.2, 0.25) is 0 Å². The largest absolute Gasteiger partial charge is 0.0622 e. The summed E-state index contributed by atoms with van der Waals surface area (Å²) in [5.41, 5.74) is 8.82. The molecule has 0 radical (unpaired) electrons. The standard InChI is InChI=1S/C27H24/c1-4-12-21(13-5-1)24(22-14-6-2-7-15-22)20-25-26(23-16-8-3-9-17-23)27(25)18-10-11-19-27/h1-9,12-17,20H,10-11,18-19H2. The fourth-order valence-corrected chi connectivity index (χ4v) is 4.84. The molecular formula is C27H24. The molecule has 3 aromatic carbocycles. The van der Waals surface area contributed by atoms with Crippen LogP contribution in [0.15, 0.2) is 103 Å². The van der Waals surface area contributed by atoms with Crippen molar-refractivity contribution >= 4 is 11.1 Å². The SMILES string of the molecule is C(=C(c1ccccc1)c1ccccc1)C1=C(c2ccccc2)C12CCCC2. The predicted octanol–water partition coefficient (Wildman–Crippen LogP) is 7.15. The minimum atomic E-state index is 0.330. The highest BCUT2D eigenvalue weighted by atomic mass is 14.6. The first-order valence-corrected chi connectivity index (χ1v) is 10.0. The van der Waals surface area contributed by atoms with Gasteiger partial charge in [-0.25, -0.2) is 0 Å². The molecule has 27 heavy (non-hydrogen) atoms. The first-order valence-electron chi connectivity index (χ1n) is 10.0. The molecule has 0 heteroatoms. The fraction of sp³-hybridized carbons (Fsp3) is 0.185. The van der Waals surface area contributed by atoms with Crippen molar-refractivity contribution in [3.63, 3.8) is 0 Å². The van der Waals surface area contributed by atoms with E-state index in [1.54, 1.807) is 11.1 Å². The van der Waals surface area contributed by atoms with E-state index in [1.165, 1.54) is 47.9 Å². The van der Waals surface area contributed by atoms with Crippen molar-refractivity contribution in [3.05, 3.63) is 119 Å². The number of rotatable bonds is 4. The van der Waals surface area contributed by atoms with Gasteiger partial charge in [-0.05, 0) is 52.3 Å². The molecule has 0 heterocycles. The fourth-order valence-electron chi connectivity index (χ4n) is 4.84. The highest BCUT2D eigenvalue weighted by molar-refractivity contribution is 5.96. The number of hydrogen-bond acceptors (Lipinski definition) is 0. The maximum Gasteiger partial charge on any atom is 0.0215 e. The summed E-state index contributed by atoms with van der Waals surface area (Å²) in [5.74, 6) is 0. The second-order valence-corrected chi connectivity index (χ2v) is 7.73. The summed E-state index contributed by atoms with van der Waals surface area (Å²) in [5, 5.41) is 0. The van der Waals surface area contributed by atoms with Crippen LogP contribution in [0.1, 0.15) is 42.4 Å². The first kappa shape index (κ1) is 16.3. The van der Waals surface area contributed by atoms with Gasteiger partial charge in [-0.2, -0.15) is 0 Å². The molecule has 0 aliphatic heterocycles. The van der Waals surface area contributed by atoms with E-state index in [9.17, 15) is 0 Å². The molecule has 0 atom stereocenters. The third kappa shape index (κ3) is 2.86. The van der Waals surface area contributed by atoms with Gasteiger partial charge in [0.25, 0.3) is 0 Å². The highest BCUT2D eigenvalue weighted by Gasteiger charge is 2.53. The molecule has 2 aliphatic carbocycles. The van der Waals surface area contributed by atoms with Gasteiger partial charge in [0, 0.05) is 5.41 Å².